The van der Waals surface area contributed by atoms with Crippen LogP contribution in [0.15, 0.2) is 77.7 Å². The van der Waals surface area contributed by atoms with Gasteiger partial charge in [-0.25, -0.2) is 12.8 Å². The zero-order valence-corrected chi connectivity index (χ0v) is 24.3. The molecule has 0 radical (unpaired) electrons. The first-order chi connectivity index (χ1) is 18.2. The lowest BCUT2D eigenvalue weighted by Gasteiger charge is -2.33. The third-order valence-corrected chi connectivity index (χ3v) is 8.12. The molecular formula is C28H30Cl2FN3O4S. The molecular weight excluding hydrogens is 564 g/mol. The summed E-state index contributed by atoms with van der Waals surface area (Å²) in [4.78, 5) is 28.1. The predicted molar refractivity (Wildman–Crippen MR) is 152 cm³/mol. The largest absolute Gasteiger partial charge is 0.350 e. The van der Waals surface area contributed by atoms with Crippen LogP contribution < -0.4 is 9.62 Å². The number of nitrogens with zero attached hydrogens (tertiary/aromatic N) is 2. The highest BCUT2D eigenvalue weighted by atomic mass is 35.5. The van der Waals surface area contributed by atoms with Gasteiger partial charge in [0.1, 0.15) is 18.4 Å². The number of halogens is 3. The van der Waals surface area contributed by atoms with Gasteiger partial charge in [-0.15, -0.1) is 0 Å². The van der Waals surface area contributed by atoms with E-state index in [1.165, 1.54) is 11.0 Å². The zero-order valence-electron chi connectivity index (χ0n) is 22.0. The molecule has 0 aliphatic rings. The first kappa shape index (κ1) is 30.4. The Morgan fingerprint density at radius 1 is 0.974 bits per heavy atom. The summed E-state index contributed by atoms with van der Waals surface area (Å²) >= 11 is 12.4. The molecule has 1 N–H and O–H groups in total. The number of para-hydroxylation sites is 1. The fourth-order valence-electron chi connectivity index (χ4n) is 3.75. The number of carbonyl (C=O) groups is 2. The minimum Gasteiger partial charge on any atom is -0.350 e. The molecule has 3 aromatic rings. The highest BCUT2D eigenvalue weighted by Gasteiger charge is 2.33. The van der Waals surface area contributed by atoms with Crippen LogP contribution in [0.25, 0.3) is 0 Å². The maximum absolute atomic E-state index is 13.9. The lowest BCUT2D eigenvalue weighted by molar-refractivity contribution is -0.140. The monoisotopic (exact) mass is 593 g/mol. The van der Waals surface area contributed by atoms with Gasteiger partial charge >= 0.3 is 0 Å². The summed E-state index contributed by atoms with van der Waals surface area (Å²) < 4.78 is 41.8. The smallest absolute Gasteiger partial charge is 0.264 e. The first-order valence-electron chi connectivity index (χ1n) is 12.1. The van der Waals surface area contributed by atoms with Gasteiger partial charge in [0.05, 0.1) is 10.6 Å². The van der Waals surface area contributed by atoms with Crippen LogP contribution in [0, 0.1) is 5.82 Å². The van der Waals surface area contributed by atoms with E-state index < -0.39 is 45.8 Å². The van der Waals surface area contributed by atoms with Crippen LogP contribution in [0.1, 0.15) is 33.3 Å². The Morgan fingerprint density at radius 2 is 1.59 bits per heavy atom. The van der Waals surface area contributed by atoms with Crippen molar-refractivity contribution in [2.75, 3.05) is 10.8 Å². The van der Waals surface area contributed by atoms with E-state index in [1.54, 1.807) is 49.4 Å². The van der Waals surface area contributed by atoms with E-state index in [4.69, 9.17) is 23.2 Å². The molecule has 0 saturated carbocycles. The quantitative estimate of drug-likeness (QED) is 0.347. The van der Waals surface area contributed by atoms with E-state index in [-0.39, 0.29) is 17.1 Å². The van der Waals surface area contributed by atoms with Gasteiger partial charge in [-0.05, 0) is 81.8 Å². The Bertz CT molecular complexity index is 1430. The Labute approximate surface area is 238 Å². The molecule has 2 amide bonds. The second kappa shape index (κ2) is 12.4. The molecule has 0 aromatic heterocycles. The summed E-state index contributed by atoms with van der Waals surface area (Å²) in [5.74, 6) is -1.67. The van der Waals surface area contributed by atoms with Gasteiger partial charge in [-0.1, -0.05) is 47.5 Å². The summed E-state index contributed by atoms with van der Waals surface area (Å²) in [6.45, 7) is 6.30. The molecule has 208 valence electrons. The van der Waals surface area contributed by atoms with E-state index in [0.29, 0.717) is 15.6 Å². The minimum absolute atomic E-state index is 0.0766. The Hall–Kier alpha value is -3.14. The van der Waals surface area contributed by atoms with Crippen molar-refractivity contribution in [3.63, 3.8) is 0 Å². The fraction of sp³-hybridized carbons (Fsp3) is 0.286. The maximum Gasteiger partial charge on any atom is 0.264 e. The number of rotatable bonds is 9. The third kappa shape index (κ3) is 7.94. The number of nitrogens with one attached hydrogen (secondary N) is 1. The van der Waals surface area contributed by atoms with Crippen LogP contribution in [0.4, 0.5) is 10.1 Å². The van der Waals surface area contributed by atoms with Crippen LogP contribution in [-0.2, 0) is 26.2 Å². The molecule has 0 bridgehead atoms. The Balaban J connectivity index is 2.03. The van der Waals surface area contributed by atoms with Gasteiger partial charge < -0.3 is 10.2 Å². The van der Waals surface area contributed by atoms with Crippen LogP contribution in [0.2, 0.25) is 10.0 Å². The van der Waals surface area contributed by atoms with Crippen molar-refractivity contribution in [3.05, 3.63) is 94.2 Å². The highest BCUT2D eigenvalue weighted by molar-refractivity contribution is 7.92. The molecule has 0 heterocycles. The Kier molecular flexibility index (Phi) is 9.64. The Morgan fingerprint density at radius 3 is 2.15 bits per heavy atom. The van der Waals surface area contributed by atoms with Gasteiger partial charge in [0.25, 0.3) is 10.0 Å². The van der Waals surface area contributed by atoms with Crippen molar-refractivity contribution < 1.29 is 22.4 Å². The molecule has 39 heavy (non-hydrogen) atoms. The average Bonchev–Trinajstić information content (AvgIpc) is 2.86. The fourth-order valence-corrected chi connectivity index (χ4v) is 5.63. The lowest BCUT2D eigenvalue weighted by atomic mass is 10.1. The number of benzene rings is 3. The SMILES string of the molecule is C[C@H](C(=O)NC(C)(C)C)N(Cc1ccc(Cl)cc1Cl)C(=O)CN(c1ccccc1)S(=O)(=O)c1ccc(F)cc1. The van der Waals surface area contributed by atoms with E-state index >= 15 is 0 Å². The number of amides is 2. The number of hydrogen-bond acceptors (Lipinski definition) is 4. The molecule has 3 rings (SSSR count). The van der Waals surface area contributed by atoms with Gasteiger partial charge in [0.2, 0.25) is 11.8 Å². The number of anilines is 1. The molecule has 0 unspecified atom stereocenters. The third-order valence-electron chi connectivity index (χ3n) is 5.75. The summed E-state index contributed by atoms with van der Waals surface area (Å²) in [7, 11) is -4.29. The molecule has 1 atom stereocenters. The van der Waals surface area contributed by atoms with E-state index in [2.05, 4.69) is 5.32 Å². The molecule has 0 saturated heterocycles. The number of sulfonamides is 1. The summed E-state index contributed by atoms with van der Waals surface area (Å²) in [6.07, 6.45) is 0. The van der Waals surface area contributed by atoms with Crippen LogP contribution in [0.3, 0.4) is 0 Å². The van der Waals surface area contributed by atoms with Gasteiger partial charge in [-0.3, -0.25) is 13.9 Å². The van der Waals surface area contributed by atoms with Crippen molar-refractivity contribution in [2.45, 2.75) is 50.7 Å². The second-order valence-electron chi connectivity index (χ2n) is 9.97. The topological polar surface area (TPSA) is 86.8 Å². The zero-order chi connectivity index (χ0) is 29.0. The van der Waals surface area contributed by atoms with Gasteiger partial charge in [0.15, 0.2) is 0 Å². The van der Waals surface area contributed by atoms with Crippen molar-refractivity contribution in [2.24, 2.45) is 0 Å². The van der Waals surface area contributed by atoms with Crippen LogP contribution >= 0.6 is 23.2 Å². The number of hydrogen-bond donors (Lipinski definition) is 1. The second-order valence-corrected chi connectivity index (χ2v) is 12.7. The first-order valence-corrected chi connectivity index (χ1v) is 14.3. The molecule has 3 aromatic carbocycles. The lowest BCUT2D eigenvalue weighted by Crippen LogP contribution is -2.54. The summed E-state index contributed by atoms with van der Waals surface area (Å²) in [5.41, 5.74) is 0.184. The number of carbonyl (C=O) groups excluding carboxylic acids is 2. The van der Waals surface area contributed by atoms with Crippen LogP contribution in [-0.4, -0.2) is 43.3 Å². The highest BCUT2D eigenvalue weighted by Crippen LogP contribution is 2.26. The normalized spacial score (nSPS) is 12.5. The molecule has 7 nitrogen and oxygen atoms in total. The van der Waals surface area contributed by atoms with Gasteiger partial charge in [0, 0.05) is 22.1 Å². The van der Waals surface area contributed by atoms with Crippen molar-refractivity contribution in [3.8, 4) is 0 Å². The standard InChI is InChI=1S/C28H30Cl2FN3O4S/c1-19(27(36)32-28(2,3)4)33(17-20-10-11-21(29)16-25(20)30)26(35)18-34(23-8-6-5-7-9-23)39(37,38)24-14-12-22(31)13-15-24/h5-16,19H,17-18H2,1-4H3,(H,32,36)/t19-/m1/s1. The predicted octanol–water partition coefficient (Wildman–Crippen LogP) is 5.66. The van der Waals surface area contributed by atoms with E-state index in [9.17, 15) is 22.4 Å². The van der Waals surface area contributed by atoms with Crippen LogP contribution in [0.5, 0.6) is 0 Å². The molecule has 0 fully saturated rings. The van der Waals surface area contributed by atoms with Crippen molar-refractivity contribution >= 4 is 50.7 Å². The van der Waals surface area contributed by atoms with Gasteiger partial charge in [-0.2, -0.15) is 0 Å². The summed E-state index contributed by atoms with van der Waals surface area (Å²) in [6, 6.07) is 16.2. The van der Waals surface area contributed by atoms with E-state index in [0.717, 1.165) is 28.6 Å². The molecule has 11 heteroatoms. The van der Waals surface area contributed by atoms with E-state index in [1.807, 2.05) is 20.8 Å². The average molecular weight is 595 g/mol. The molecule has 0 aliphatic carbocycles. The minimum atomic E-state index is -4.29. The maximum atomic E-state index is 13.9. The van der Waals surface area contributed by atoms with Crippen molar-refractivity contribution in [1.29, 1.82) is 0 Å². The van der Waals surface area contributed by atoms with Crippen molar-refractivity contribution in [1.82, 2.24) is 10.2 Å². The summed E-state index contributed by atoms with van der Waals surface area (Å²) in [5, 5.41) is 3.55. The molecule has 0 spiro atoms. The molecule has 0 aliphatic heterocycles.